The second-order valence-electron chi connectivity index (χ2n) is 11.1. The Morgan fingerprint density at radius 2 is 1.74 bits per heavy atom. The number of hydrogen-bond donors (Lipinski definition) is 2. The first kappa shape index (κ1) is 33.6. The van der Waals surface area contributed by atoms with Gasteiger partial charge in [-0.25, -0.2) is 41.1 Å². The molecule has 244 valence electrons. The van der Waals surface area contributed by atoms with E-state index in [2.05, 4.69) is 10.4 Å². The molecule has 0 radical (unpaired) electrons. The highest BCUT2D eigenvalue weighted by Gasteiger charge is 2.31. The zero-order chi connectivity index (χ0) is 33.2. The van der Waals surface area contributed by atoms with E-state index in [4.69, 9.17) is 16.3 Å². The van der Waals surface area contributed by atoms with Crippen molar-refractivity contribution in [3.05, 3.63) is 100 Å². The number of benzene rings is 3. The average molecular weight is 694 g/mol. The Labute approximate surface area is 274 Å². The number of halogens is 4. The van der Waals surface area contributed by atoms with Crippen molar-refractivity contribution in [2.45, 2.75) is 47.9 Å². The number of hydrogen-bond acceptors (Lipinski definition) is 7. The predicted molar refractivity (Wildman–Crippen MR) is 169 cm³/mol. The molecular formula is C31H31ClF3N5O4S2. The van der Waals surface area contributed by atoms with Crippen LogP contribution in [0.3, 0.4) is 0 Å². The van der Waals surface area contributed by atoms with Gasteiger partial charge in [-0.05, 0) is 60.4 Å². The quantitative estimate of drug-likeness (QED) is 0.181. The number of thioether (sulfide) groups is 1. The topological polar surface area (TPSA) is 106 Å². The lowest BCUT2D eigenvalue weighted by molar-refractivity contribution is 0.202. The van der Waals surface area contributed by atoms with Crippen LogP contribution in [-0.2, 0) is 21.2 Å². The molecular weight excluding hydrogens is 663 g/mol. The van der Waals surface area contributed by atoms with Gasteiger partial charge < -0.3 is 4.74 Å². The number of carbonyl (C=O) groups excluding carboxylic acids is 1. The normalized spacial score (nSPS) is 14.0. The molecule has 0 aliphatic carbocycles. The maximum Gasteiger partial charge on any atom is 0.343 e. The minimum atomic E-state index is -4.19. The maximum atomic E-state index is 14.4. The Balaban J connectivity index is 1.42. The monoisotopic (exact) mass is 693 g/mol. The van der Waals surface area contributed by atoms with Crippen LogP contribution in [-0.4, -0.2) is 49.2 Å². The summed E-state index contributed by atoms with van der Waals surface area (Å²) < 4.78 is 77.0. The molecule has 1 aromatic heterocycles. The van der Waals surface area contributed by atoms with Crippen LogP contribution in [0.5, 0.6) is 5.75 Å². The summed E-state index contributed by atoms with van der Waals surface area (Å²) in [6.07, 6.45) is 3.43. The summed E-state index contributed by atoms with van der Waals surface area (Å²) in [4.78, 5) is 16.7. The van der Waals surface area contributed by atoms with Crippen LogP contribution in [0.15, 0.2) is 70.8 Å². The Bertz CT molecular complexity index is 1880. The highest BCUT2D eigenvalue weighted by molar-refractivity contribution is 7.98. The first-order valence-electron chi connectivity index (χ1n) is 14.2. The molecule has 4 aromatic rings. The number of methoxy groups -OCH3 is 1. The molecule has 0 atom stereocenters. The number of imidazole rings is 1. The smallest absolute Gasteiger partial charge is 0.343 e. The summed E-state index contributed by atoms with van der Waals surface area (Å²) in [5.41, 5.74) is 3.81. The molecule has 1 aliphatic rings. The van der Waals surface area contributed by atoms with Crippen LogP contribution in [0.2, 0.25) is 5.02 Å². The number of nitrogens with zero attached hydrogens (tertiary/aromatic N) is 3. The SMILES string of the molecule is COc1cc(-n2c(C(C)(C)c3ccc(F)c(F)c3)cnc2SCc2ccc(S(=O)(=O)NC(=O)NN3CCCC3)cc2Cl)ccc1F. The van der Waals surface area contributed by atoms with Crippen LogP contribution in [0, 0.1) is 17.5 Å². The van der Waals surface area contributed by atoms with Gasteiger partial charge in [0.2, 0.25) is 0 Å². The van der Waals surface area contributed by atoms with E-state index in [1.807, 2.05) is 18.6 Å². The van der Waals surface area contributed by atoms with Gasteiger partial charge in [-0.3, -0.25) is 9.99 Å². The lowest BCUT2D eigenvalue weighted by atomic mass is 9.81. The second-order valence-corrected chi connectivity index (χ2v) is 14.1. The Morgan fingerprint density at radius 3 is 2.41 bits per heavy atom. The average Bonchev–Trinajstić information content (AvgIpc) is 3.68. The van der Waals surface area contributed by atoms with Gasteiger partial charge in [0.05, 0.1) is 29.6 Å². The summed E-state index contributed by atoms with van der Waals surface area (Å²) in [5, 5.41) is 2.26. The van der Waals surface area contributed by atoms with Crippen molar-refractivity contribution in [1.29, 1.82) is 0 Å². The van der Waals surface area contributed by atoms with Crippen LogP contribution in [0.25, 0.3) is 5.69 Å². The maximum absolute atomic E-state index is 14.4. The number of amides is 2. The molecule has 1 saturated heterocycles. The van der Waals surface area contributed by atoms with Crippen molar-refractivity contribution in [2.24, 2.45) is 0 Å². The van der Waals surface area contributed by atoms with Crippen LogP contribution >= 0.6 is 23.4 Å². The van der Waals surface area contributed by atoms with E-state index in [9.17, 15) is 26.4 Å². The number of aromatic nitrogens is 2. The van der Waals surface area contributed by atoms with E-state index in [0.717, 1.165) is 25.0 Å². The molecule has 9 nitrogen and oxygen atoms in total. The van der Waals surface area contributed by atoms with Gasteiger partial charge in [0.15, 0.2) is 28.4 Å². The first-order valence-corrected chi connectivity index (χ1v) is 17.0. The number of hydrazine groups is 1. The molecule has 3 aromatic carbocycles. The molecule has 2 amide bonds. The van der Waals surface area contributed by atoms with Crippen molar-refractivity contribution >= 4 is 39.4 Å². The number of nitrogens with one attached hydrogen (secondary N) is 2. The molecule has 0 spiro atoms. The number of ether oxygens (including phenoxy) is 1. The fraction of sp³-hybridized carbons (Fsp3) is 0.290. The highest BCUT2D eigenvalue weighted by atomic mass is 35.5. The van der Waals surface area contributed by atoms with Crippen LogP contribution < -0.4 is 14.9 Å². The number of sulfonamides is 1. The van der Waals surface area contributed by atoms with Crippen molar-refractivity contribution < 1.29 is 31.1 Å². The zero-order valence-corrected chi connectivity index (χ0v) is 27.5. The van der Waals surface area contributed by atoms with E-state index in [1.54, 1.807) is 27.9 Å². The third kappa shape index (κ3) is 7.14. The van der Waals surface area contributed by atoms with Gasteiger partial charge >= 0.3 is 6.03 Å². The van der Waals surface area contributed by atoms with Gasteiger partial charge in [0.25, 0.3) is 10.0 Å². The third-order valence-electron chi connectivity index (χ3n) is 7.69. The van der Waals surface area contributed by atoms with Crippen molar-refractivity contribution in [2.75, 3.05) is 20.2 Å². The van der Waals surface area contributed by atoms with Crippen molar-refractivity contribution in [1.82, 2.24) is 24.7 Å². The number of urea groups is 1. The molecule has 2 heterocycles. The molecule has 1 aliphatic heterocycles. The van der Waals surface area contributed by atoms with Gasteiger partial charge in [-0.2, -0.15) is 0 Å². The number of rotatable bonds is 10. The number of carbonyl (C=O) groups is 1. The summed E-state index contributed by atoms with van der Waals surface area (Å²) in [7, 11) is -2.85. The molecule has 1 fully saturated rings. The molecule has 0 bridgehead atoms. The first-order chi connectivity index (χ1) is 21.8. The molecule has 15 heteroatoms. The molecule has 46 heavy (non-hydrogen) atoms. The predicted octanol–water partition coefficient (Wildman–Crippen LogP) is 6.57. The van der Waals surface area contributed by atoms with E-state index in [-0.39, 0.29) is 21.4 Å². The molecule has 5 rings (SSSR count). The summed E-state index contributed by atoms with van der Waals surface area (Å²) in [6.45, 7) is 4.94. The van der Waals surface area contributed by atoms with Crippen molar-refractivity contribution in [3.63, 3.8) is 0 Å². The van der Waals surface area contributed by atoms with Gasteiger partial charge in [0.1, 0.15) is 0 Å². The lowest BCUT2D eigenvalue weighted by Gasteiger charge is -2.27. The Hall–Kier alpha value is -3.72. The minimum Gasteiger partial charge on any atom is -0.494 e. The Morgan fingerprint density at radius 1 is 1.02 bits per heavy atom. The van der Waals surface area contributed by atoms with Crippen LogP contribution in [0.1, 0.15) is 43.5 Å². The lowest BCUT2D eigenvalue weighted by Crippen LogP contribution is -2.47. The van der Waals surface area contributed by atoms with E-state index in [0.29, 0.717) is 40.8 Å². The zero-order valence-electron chi connectivity index (χ0n) is 25.1. The summed E-state index contributed by atoms with van der Waals surface area (Å²) >= 11 is 7.78. The third-order valence-corrected chi connectivity index (χ3v) is 10.4. The summed E-state index contributed by atoms with van der Waals surface area (Å²) in [6, 6.07) is 11.3. The van der Waals surface area contributed by atoms with Crippen molar-refractivity contribution in [3.8, 4) is 11.4 Å². The van der Waals surface area contributed by atoms with Gasteiger partial charge in [-0.15, -0.1) is 0 Å². The fourth-order valence-corrected chi connectivity index (χ4v) is 7.39. The van der Waals surface area contributed by atoms with Crippen LogP contribution in [0.4, 0.5) is 18.0 Å². The van der Waals surface area contributed by atoms with E-state index < -0.39 is 38.9 Å². The summed E-state index contributed by atoms with van der Waals surface area (Å²) in [5.74, 6) is -2.27. The highest BCUT2D eigenvalue weighted by Crippen LogP contribution is 2.38. The van der Waals surface area contributed by atoms with E-state index >= 15 is 0 Å². The minimum absolute atomic E-state index is 0.00120. The second kappa shape index (κ2) is 13.6. The largest absolute Gasteiger partial charge is 0.494 e. The standard InChI is InChI=1S/C31H31ClF3N5O4S2/c1-31(2,20-7-10-24(33)26(35)14-20)28-17-36-30(40(28)21-8-11-25(34)27(15-21)44-3)45-18-19-6-9-22(16-23(19)32)46(42,43)38-29(41)37-39-12-4-5-13-39/h6-11,14-17H,4-5,12-13,18H2,1-3H3,(H2,37,38,41). The Kier molecular flexibility index (Phi) is 9.92. The molecule has 2 N–H and O–H groups in total. The molecule has 0 saturated carbocycles. The van der Waals surface area contributed by atoms with Gasteiger partial charge in [0, 0.05) is 35.3 Å². The molecule has 0 unspecified atom stereocenters. The fourth-order valence-electron chi connectivity index (χ4n) is 5.08. The van der Waals surface area contributed by atoms with E-state index in [1.165, 1.54) is 49.2 Å². The van der Waals surface area contributed by atoms with Gasteiger partial charge in [-0.1, -0.05) is 49.3 Å².